The fraction of sp³-hybridized carbons (Fsp3) is 0.360. The van der Waals surface area contributed by atoms with Crippen LogP contribution in [0.3, 0.4) is 0 Å². The van der Waals surface area contributed by atoms with E-state index in [1.165, 1.54) is 18.1 Å². The zero-order valence-corrected chi connectivity index (χ0v) is 20.3. The number of carbonyl (C=O) groups is 2. The highest BCUT2D eigenvalue weighted by Crippen LogP contribution is 2.40. The van der Waals surface area contributed by atoms with Crippen molar-refractivity contribution >= 4 is 40.7 Å². The number of ketones is 1. The average Bonchev–Trinajstić information content (AvgIpc) is 3.09. The highest BCUT2D eigenvalue weighted by atomic mass is 35.5. The Kier molecular flexibility index (Phi) is 7.78. The number of hydrogen-bond donors (Lipinski definition) is 1. The molecule has 34 heavy (non-hydrogen) atoms. The lowest BCUT2D eigenvalue weighted by Gasteiger charge is -2.29. The predicted octanol–water partition coefficient (Wildman–Crippen LogP) is 4.15. The molecule has 9 heteroatoms. The molecule has 2 aliphatic heterocycles. The number of carbonyl (C=O) groups excluding carboxylic acids is 2. The Labute approximate surface area is 208 Å². The predicted molar refractivity (Wildman–Crippen MR) is 130 cm³/mol. The van der Waals surface area contributed by atoms with Crippen LogP contribution in [0.15, 0.2) is 48.0 Å². The van der Waals surface area contributed by atoms with Gasteiger partial charge in [-0.15, -0.1) is 0 Å². The summed E-state index contributed by atoms with van der Waals surface area (Å²) in [5, 5.41) is 12.0. The molecule has 2 fully saturated rings. The van der Waals surface area contributed by atoms with Crippen LogP contribution in [0.2, 0.25) is 10.0 Å². The molecular weight excluding hydrogens is 479 g/mol. The van der Waals surface area contributed by atoms with E-state index >= 15 is 0 Å². The van der Waals surface area contributed by atoms with Gasteiger partial charge in [-0.1, -0.05) is 35.3 Å². The molecule has 0 aromatic heterocycles. The van der Waals surface area contributed by atoms with E-state index in [2.05, 4.69) is 4.90 Å². The van der Waals surface area contributed by atoms with Gasteiger partial charge in [-0.05, 0) is 42.3 Å². The topological polar surface area (TPSA) is 79.3 Å². The number of rotatable bonds is 7. The zero-order valence-electron chi connectivity index (χ0n) is 18.8. The van der Waals surface area contributed by atoms with E-state index in [1.807, 2.05) is 0 Å². The molecule has 4 rings (SSSR count). The van der Waals surface area contributed by atoms with E-state index in [0.717, 1.165) is 19.6 Å². The van der Waals surface area contributed by atoms with Crippen molar-refractivity contribution in [2.45, 2.75) is 12.5 Å². The van der Waals surface area contributed by atoms with E-state index < -0.39 is 17.7 Å². The van der Waals surface area contributed by atoms with Crippen LogP contribution in [-0.4, -0.2) is 73.1 Å². The third kappa shape index (κ3) is 5.08. The number of morpholine rings is 1. The van der Waals surface area contributed by atoms with Gasteiger partial charge in [0.1, 0.15) is 11.5 Å². The molecule has 0 unspecified atom stereocenters. The second-order valence-corrected chi connectivity index (χ2v) is 9.04. The number of halogens is 2. The van der Waals surface area contributed by atoms with Crippen molar-refractivity contribution in [2.24, 2.45) is 0 Å². The van der Waals surface area contributed by atoms with E-state index in [1.54, 1.807) is 36.4 Å². The number of likely N-dealkylation sites (tertiary alicyclic amines) is 1. The molecule has 2 aromatic rings. The Morgan fingerprint density at radius 2 is 1.79 bits per heavy atom. The van der Waals surface area contributed by atoms with Gasteiger partial charge in [0.25, 0.3) is 11.7 Å². The quantitative estimate of drug-likeness (QED) is 0.346. The second-order valence-electron chi connectivity index (χ2n) is 8.20. The fourth-order valence-electron chi connectivity index (χ4n) is 4.36. The van der Waals surface area contributed by atoms with E-state index in [-0.39, 0.29) is 16.4 Å². The Hall–Kier alpha value is -2.58. The zero-order chi connectivity index (χ0) is 24.2. The largest absolute Gasteiger partial charge is 0.507 e. The van der Waals surface area contributed by atoms with Crippen LogP contribution in [0, 0.1) is 0 Å². The molecule has 1 N–H and O–H groups in total. The number of hydrogen-bond acceptors (Lipinski definition) is 6. The summed E-state index contributed by atoms with van der Waals surface area (Å²) >= 11 is 12.3. The van der Waals surface area contributed by atoms with E-state index in [0.29, 0.717) is 48.1 Å². The molecule has 0 bridgehead atoms. The van der Waals surface area contributed by atoms with Gasteiger partial charge in [-0.25, -0.2) is 0 Å². The minimum absolute atomic E-state index is 0.0277. The third-order valence-corrected chi connectivity index (χ3v) is 6.68. The molecule has 0 aliphatic carbocycles. The van der Waals surface area contributed by atoms with Crippen molar-refractivity contribution in [2.75, 3.05) is 46.5 Å². The van der Waals surface area contributed by atoms with Crippen LogP contribution in [0.4, 0.5) is 0 Å². The fourth-order valence-corrected chi connectivity index (χ4v) is 4.74. The molecule has 1 amide bonds. The Morgan fingerprint density at radius 3 is 2.44 bits per heavy atom. The standard InChI is InChI=1S/C25H26Cl2N2O5/c1-33-20-8-5-17(15-19(20)27)23(30)21-22(16-3-6-18(26)7-4-16)29(25(32)24(21)31)10-2-9-28-11-13-34-14-12-28/h3-8,15,22,30H,2,9-14H2,1H3/b23-21+/t22-/m0/s1. The third-order valence-electron chi connectivity index (χ3n) is 6.13. The maximum absolute atomic E-state index is 13.1. The monoisotopic (exact) mass is 504 g/mol. The highest BCUT2D eigenvalue weighted by molar-refractivity contribution is 6.46. The summed E-state index contributed by atoms with van der Waals surface area (Å²) in [6.45, 7) is 4.23. The summed E-state index contributed by atoms with van der Waals surface area (Å²) in [6.07, 6.45) is 0.686. The number of ether oxygens (including phenoxy) is 2. The van der Waals surface area contributed by atoms with Crippen molar-refractivity contribution < 1.29 is 24.2 Å². The number of aliphatic hydroxyl groups is 1. The van der Waals surface area contributed by atoms with Gasteiger partial charge >= 0.3 is 0 Å². The van der Waals surface area contributed by atoms with Crippen LogP contribution >= 0.6 is 23.2 Å². The van der Waals surface area contributed by atoms with Crippen LogP contribution in [0.5, 0.6) is 5.75 Å². The molecule has 0 saturated carbocycles. The lowest BCUT2D eigenvalue weighted by molar-refractivity contribution is -0.140. The van der Waals surface area contributed by atoms with Crippen LogP contribution in [-0.2, 0) is 14.3 Å². The average molecular weight is 505 g/mol. The van der Waals surface area contributed by atoms with Crippen LogP contribution in [0.1, 0.15) is 23.6 Å². The summed E-state index contributed by atoms with van der Waals surface area (Å²) < 4.78 is 10.6. The number of methoxy groups -OCH3 is 1. The van der Waals surface area contributed by atoms with Gasteiger partial charge in [0.2, 0.25) is 0 Å². The van der Waals surface area contributed by atoms with Crippen LogP contribution in [0.25, 0.3) is 5.76 Å². The number of benzene rings is 2. The van der Waals surface area contributed by atoms with Crippen molar-refractivity contribution in [3.8, 4) is 5.75 Å². The Bertz CT molecular complexity index is 1100. The van der Waals surface area contributed by atoms with Gasteiger partial charge in [0.15, 0.2) is 0 Å². The summed E-state index contributed by atoms with van der Waals surface area (Å²) in [7, 11) is 1.49. The normalized spacial score (nSPS) is 20.7. The molecule has 0 spiro atoms. The lowest BCUT2D eigenvalue weighted by Crippen LogP contribution is -2.38. The van der Waals surface area contributed by atoms with Gasteiger partial charge < -0.3 is 19.5 Å². The maximum Gasteiger partial charge on any atom is 0.295 e. The molecule has 1 atom stereocenters. The molecule has 2 aromatic carbocycles. The lowest BCUT2D eigenvalue weighted by atomic mass is 9.95. The first kappa shape index (κ1) is 24.5. The number of aliphatic hydroxyl groups excluding tert-OH is 1. The van der Waals surface area contributed by atoms with Gasteiger partial charge in [0.05, 0.1) is 37.0 Å². The summed E-state index contributed by atoms with van der Waals surface area (Å²) in [5.74, 6) is -1.20. The highest BCUT2D eigenvalue weighted by Gasteiger charge is 2.45. The second kappa shape index (κ2) is 10.8. The van der Waals surface area contributed by atoms with Crippen molar-refractivity contribution in [1.82, 2.24) is 9.80 Å². The summed E-state index contributed by atoms with van der Waals surface area (Å²) in [5.41, 5.74) is 1.05. The van der Waals surface area contributed by atoms with Crippen molar-refractivity contribution in [3.63, 3.8) is 0 Å². The maximum atomic E-state index is 13.1. The van der Waals surface area contributed by atoms with Crippen molar-refractivity contribution in [1.29, 1.82) is 0 Å². The molecule has 180 valence electrons. The first-order chi connectivity index (χ1) is 16.4. The number of nitrogens with zero attached hydrogens (tertiary/aromatic N) is 2. The van der Waals surface area contributed by atoms with Gasteiger partial charge in [-0.2, -0.15) is 0 Å². The number of Topliss-reactive ketones (excluding diaryl/α,β-unsaturated/α-hetero) is 1. The molecule has 2 heterocycles. The number of amides is 1. The summed E-state index contributed by atoms with van der Waals surface area (Å²) in [4.78, 5) is 30.0. The first-order valence-electron chi connectivity index (χ1n) is 11.1. The van der Waals surface area contributed by atoms with E-state index in [4.69, 9.17) is 32.7 Å². The molecule has 7 nitrogen and oxygen atoms in total. The summed E-state index contributed by atoms with van der Waals surface area (Å²) in [6, 6.07) is 10.9. The van der Waals surface area contributed by atoms with Crippen molar-refractivity contribution in [3.05, 3.63) is 69.2 Å². The van der Waals surface area contributed by atoms with Gasteiger partial charge in [0, 0.05) is 36.8 Å². The first-order valence-corrected chi connectivity index (χ1v) is 11.8. The SMILES string of the molecule is COc1ccc(/C(O)=C2\C(=O)C(=O)N(CCCN3CCOCC3)[C@H]2c2ccc(Cl)cc2)cc1Cl. The molecular formula is C25H26Cl2N2O5. The smallest absolute Gasteiger partial charge is 0.295 e. The Morgan fingerprint density at radius 1 is 1.09 bits per heavy atom. The molecule has 2 aliphatic rings. The minimum atomic E-state index is -0.733. The van der Waals surface area contributed by atoms with Crippen LogP contribution < -0.4 is 4.74 Å². The Balaban J connectivity index is 1.68. The van der Waals surface area contributed by atoms with Gasteiger partial charge in [-0.3, -0.25) is 14.5 Å². The van der Waals surface area contributed by atoms with E-state index in [9.17, 15) is 14.7 Å². The molecule has 0 radical (unpaired) electrons. The molecule has 2 saturated heterocycles. The minimum Gasteiger partial charge on any atom is -0.507 e.